The molecule has 0 aliphatic rings. The molecule has 0 aromatic carbocycles. The first-order chi connectivity index (χ1) is 6.77. The summed E-state index contributed by atoms with van der Waals surface area (Å²) in [4.78, 5) is 18.2. The first-order valence-electron chi connectivity index (χ1n) is 3.86. The Hall–Kier alpha value is -2.17. The molecule has 0 spiro atoms. The summed E-state index contributed by atoms with van der Waals surface area (Å²) < 4.78 is 5.06. The molecule has 0 saturated heterocycles. The van der Waals surface area contributed by atoms with Crippen LogP contribution in [0.5, 0.6) is 0 Å². The van der Waals surface area contributed by atoms with Crippen LogP contribution in [-0.2, 0) is 0 Å². The minimum absolute atomic E-state index is 0.0982. The van der Waals surface area contributed by atoms with Crippen molar-refractivity contribution in [3.63, 3.8) is 0 Å². The molecule has 1 N–H and O–H groups in total. The van der Waals surface area contributed by atoms with Crippen molar-refractivity contribution in [3.8, 4) is 11.5 Å². The zero-order valence-electron chi connectivity index (χ0n) is 7.04. The molecule has 0 aliphatic carbocycles. The number of nitrogens with zero attached hydrogens (tertiary/aromatic N) is 2. The highest BCUT2D eigenvalue weighted by atomic mass is 16.4. The van der Waals surface area contributed by atoms with Gasteiger partial charge < -0.3 is 9.52 Å². The summed E-state index contributed by atoms with van der Waals surface area (Å²) >= 11 is 0. The molecule has 5 nitrogen and oxygen atoms in total. The van der Waals surface area contributed by atoms with Crippen LogP contribution in [0.2, 0.25) is 0 Å². The van der Waals surface area contributed by atoms with Gasteiger partial charge in [-0.25, -0.2) is 9.78 Å². The Morgan fingerprint density at radius 1 is 1.43 bits per heavy atom. The third-order valence-corrected chi connectivity index (χ3v) is 1.63. The number of furan rings is 1. The van der Waals surface area contributed by atoms with Gasteiger partial charge in [0.2, 0.25) is 0 Å². The van der Waals surface area contributed by atoms with Gasteiger partial charge >= 0.3 is 5.97 Å². The number of carboxylic acid groups (broad SMARTS) is 1. The van der Waals surface area contributed by atoms with Crippen LogP contribution in [0.25, 0.3) is 11.5 Å². The average molecular weight is 190 g/mol. The van der Waals surface area contributed by atoms with Crippen molar-refractivity contribution in [2.45, 2.75) is 0 Å². The SMILES string of the molecule is O=C(O)c1cncc(-c2ccco2)n1. The van der Waals surface area contributed by atoms with Crippen molar-refractivity contribution < 1.29 is 14.3 Å². The molecule has 0 aliphatic heterocycles. The van der Waals surface area contributed by atoms with Crippen LogP contribution in [0.4, 0.5) is 0 Å². The number of hydrogen-bond donors (Lipinski definition) is 1. The minimum Gasteiger partial charge on any atom is -0.476 e. The average Bonchev–Trinajstić information content (AvgIpc) is 2.71. The lowest BCUT2D eigenvalue weighted by Gasteiger charge is -1.96. The normalized spacial score (nSPS) is 10.0. The van der Waals surface area contributed by atoms with Crippen molar-refractivity contribution in [3.05, 3.63) is 36.5 Å². The van der Waals surface area contributed by atoms with E-state index >= 15 is 0 Å². The molecule has 2 aromatic heterocycles. The highest BCUT2D eigenvalue weighted by molar-refractivity contribution is 5.85. The van der Waals surface area contributed by atoms with Crippen molar-refractivity contribution in [1.29, 1.82) is 0 Å². The van der Waals surface area contributed by atoms with E-state index in [-0.39, 0.29) is 5.69 Å². The Morgan fingerprint density at radius 2 is 2.29 bits per heavy atom. The fraction of sp³-hybridized carbons (Fsp3) is 0. The molecule has 0 amide bonds. The monoisotopic (exact) mass is 190 g/mol. The predicted octanol–water partition coefficient (Wildman–Crippen LogP) is 1.43. The molecule has 0 atom stereocenters. The molecule has 14 heavy (non-hydrogen) atoms. The minimum atomic E-state index is -1.11. The van der Waals surface area contributed by atoms with Gasteiger partial charge in [-0.05, 0) is 12.1 Å². The molecule has 0 bridgehead atoms. The van der Waals surface area contributed by atoms with E-state index < -0.39 is 5.97 Å². The number of carboxylic acids is 1. The Kier molecular flexibility index (Phi) is 1.98. The van der Waals surface area contributed by atoms with E-state index in [1.807, 2.05) is 0 Å². The van der Waals surface area contributed by atoms with Crippen molar-refractivity contribution in [2.24, 2.45) is 0 Å². The van der Waals surface area contributed by atoms with Gasteiger partial charge in [-0.1, -0.05) is 0 Å². The van der Waals surface area contributed by atoms with Crippen molar-refractivity contribution in [2.75, 3.05) is 0 Å². The Bertz CT molecular complexity index is 451. The van der Waals surface area contributed by atoms with Gasteiger partial charge in [0.05, 0.1) is 18.7 Å². The largest absolute Gasteiger partial charge is 0.476 e. The van der Waals surface area contributed by atoms with E-state index in [9.17, 15) is 4.79 Å². The van der Waals surface area contributed by atoms with Crippen molar-refractivity contribution in [1.82, 2.24) is 9.97 Å². The first-order valence-corrected chi connectivity index (χ1v) is 3.86. The first kappa shape index (κ1) is 8.43. The molecule has 2 heterocycles. The van der Waals surface area contributed by atoms with Crippen LogP contribution >= 0.6 is 0 Å². The second-order valence-electron chi connectivity index (χ2n) is 2.57. The number of aromatic nitrogens is 2. The summed E-state index contributed by atoms with van der Waals surface area (Å²) in [5, 5.41) is 8.67. The third-order valence-electron chi connectivity index (χ3n) is 1.63. The van der Waals surface area contributed by atoms with Gasteiger partial charge in [0.15, 0.2) is 11.5 Å². The lowest BCUT2D eigenvalue weighted by molar-refractivity contribution is 0.0690. The van der Waals surface area contributed by atoms with Gasteiger partial charge in [-0.3, -0.25) is 4.98 Å². The lowest BCUT2D eigenvalue weighted by atomic mass is 10.3. The zero-order valence-corrected chi connectivity index (χ0v) is 7.04. The summed E-state index contributed by atoms with van der Waals surface area (Å²) in [6, 6.07) is 3.39. The molecular formula is C9H6N2O3. The summed E-state index contributed by atoms with van der Waals surface area (Å²) in [5.41, 5.74) is 0.314. The Labute approximate surface area is 79.0 Å². The van der Waals surface area contributed by atoms with Crippen LogP contribution in [0, 0.1) is 0 Å². The van der Waals surface area contributed by atoms with E-state index in [0.717, 1.165) is 0 Å². The second kappa shape index (κ2) is 3.29. The van der Waals surface area contributed by atoms with Crippen LogP contribution in [0.15, 0.2) is 35.2 Å². The lowest BCUT2D eigenvalue weighted by Crippen LogP contribution is -2.01. The number of aromatic carboxylic acids is 1. The highest BCUT2D eigenvalue weighted by Crippen LogP contribution is 2.15. The fourth-order valence-corrected chi connectivity index (χ4v) is 1.01. The topological polar surface area (TPSA) is 76.2 Å². The van der Waals surface area contributed by atoms with Crippen LogP contribution < -0.4 is 0 Å². The van der Waals surface area contributed by atoms with Gasteiger partial charge in [-0.2, -0.15) is 0 Å². The summed E-state index contributed by atoms with van der Waals surface area (Å²) in [6.07, 6.45) is 4.13. The van der Waals surface area contributed by atoms with Crippen molar-refractivity contribution >= 4 is 5.97 Å². The number of carbonyl (C=O) groups is 1. The molecule has 0 fully saturated rings. The molecule has 0 radical (unpaired) electrons. The van der Waals surface area contributed by atoms with E-state index in [0.29, 0.717) is 11.5 Å². The number of hydrogen-bond acceptors (Lipinski definition) is 4. The molecule has 2 rings (SSSR count). The van der Waals surface area contributed by atoms with E-state index in [4.69, 9.17) is 9.52 Å². The number of rotatable bonds is 2. The summed E-state index contributed by atoms with van der Waals surface area (Å²) in [6.45, 7) is 0. The summed E-state index contributed by atoms with van der Waals surface area (Å²) in [7, 11) is 0. The van der Waals surface area contributed by atoms with Crippen LogP contribution in [0.3, 0.4) is 0 Å². The maximum absolute atomic E-state index is 10.6. The van der Waals surface area contributed by atoms with E-state index in [2.05, 4.69) is 9.97 Å². The molecule has 0 saturated carbocycles. The second-order valence-corrected chi connectivity index (χ2v) is 2.57. The fourth-order valence-electron chi connectivity index (χ4n) is 1.01. The zero-order chi connectivity index (χ0) is 9.97. The highest BCUT2D eigenvalue weighted by Gasteiger charge is 2.08. The van der Waals surface area contributed by atoms with Gasteiger partial charge in [0.25, 0.3) is 0 Å². The van der Waals surface area contributed by atoms with Crippen LogP contribution in [-0.4, -0.2) is 21.0 Å². The maximum atomic E-state index is 10.6. The molecular weight excluding hydrogens is 184 g/mol. The third kappa shape index (κ3) is 1.47. The van der Waals surface area contributed by atoms with Crippen LogP contribution in [0.1, 0.15) is 10.5 Å². The van der Waals surface area contributed by atoms with Gasteiger partial charge in [0, 0.05) is 0 Å². The molecule has 0 unspecified atom stereocenters. The maximum Gasteiger partial charge on any atom is 0.356 e. The standard InChI is InChI=1S/C9H6N2O3/c12-9(13)7-5-10-4-6(11-7)8-2-1-3-14-8/h1-5H,(H,12,13). The van der Waals surface area contributed by atoms with Gasteiger partial charge in [0.1, 0.15) is 5.69 Å². The smallest absolute Gasteiger partial charge is 0.356 e. The molecule has 70 valence electrons. The van der Waals surface area contributed by atoms with E-state index in [1.165, 1.54) is 18.7 Å². The predicted molar refractivity (Wildman–Crippen MR) is 46.7 cm³/mol. The summed E-state index contributed by atoms with van der Waals surface area (Å²) in [5.74, 6) is -0.605. The quantitative estimate of drug-likeness (QED) is 0.775. The molecule has 5 heteroatoms. The Balaban J connectivity index is 2.46. The van der Waals surface area contributed by atoms with Gasteiger partial charge in [-0.15, -0.1) is 0 Å². The molecule has 2 aromatic rings. The van der Waals surface area contributed by atoms with E-state index in [1.54, 1.807) is 12.1 Å². The Morgan fingerprint density at radius 3 is 2.93 bits per heavy atom.